The van der Waals surface area contributed by atoms with Crippen LogP contribution in [0.4, 0.5) is 0 Å². The van der Waals surface area contributed by atoms with Crippen molar-refractivity contribution in [2.45, 2.75) is 19.5 Å². The maximum absolute atomic E-state index is 12.6. The van der Waals surface area contributed by atoms with E-state index in [9.17, 15) is 9.59 Å². The molecule has 0 radical (unpaired) electrons. The normalized spacial score (nSPS) is 18.0. The summed E-state index contributed by atoms with van der Waals surface area (Å²) in [7, 11) is 0. The highest BCUT2D eigenvalue weighted by Gasteiger charge is 2.31. The first-order chi connectivity index (χ1) is 12.5. The van der Waals surface area contributed by atoms with E-state index in [0.29, 0.717) is 30.9 Å². The molecule has 1 aromatic heterocycles. The second-order valence-corrected chi connectivity index (χ2v) is 6.37. The lowest BCUT2D eigenvalue weighted by Gasteiger charge is -2.41. The van der Waals surface area contributed by atoms with Gasteiger partial charge >= 0.3 is 0 Å². The molecule has 0 spiro atoms. The molecule has 8 heteroatoms. The van der Waals surface area contributed by atoms with Gasteiger partial charge in [-0.05, 0) is 30.7 Å². The van der Waals surface area contributed by atoms with Gasteiger partial charge in [-0.1, -0.05) is 18.7 Å². The number of nitrogens with zero attached hydrogens (tertiary/aromatic N) is 3. The van der Waals surface area contributed by atoms with Gasteiger partial charge in [-0.2, -0.15) is 5.10 Å². The van der Waals surface area contributed by atoms with E-state index in [1.807, 2.05) is 19.1 Å². The van der Waals surface area contributed by atoms with Crippen LogP contribution < -0.4 is 5.48 Å². The van der Waals surface area contributed by atoms with Crippen LogP contribution in [-0.2, 0) is 6.54 Å². The highest BCUT2D eigenvalue weighted by molar-refractivity contribution is 5.94. The van der Waals surface area contributed by atoms with E-state index < -0.39 is 5.91 Å². The van der Waals surface area contributed by atoms with Crippen LogP contribution in [0.15, 0.2) is 48.8 Å². The van der Waals surface area contributed by atoms with Gasteiger partial charge < -0.3 is 4.90 Å². The van der Waals surface area contributed by atoms with Crippen molar-refractivity contribution in [3.8, 4) is 0 Å². The fraction of sp³-hybridized carbons (Fsp3) is 0.278. The number of hydrogen-bond acceptors (Lipinski definition) is 5. The van der Waals surface area contributed by atoms with E-state index >= 15 is 0 Å². The van der Waals surface area contributed by atoms with Crippen LogP contribution in [0.1, 0.15) is 33.3 Å². The Labute approximate surface area is 151 Å². The third kappa shape index (κ3) is 3.66. The maximum Gasteiger partial charge on any atom is 0.276 e. The number of amides is 2. The van der Waals surface area contributed by atoms with E-state index in [2.05, 4.69) is 21.7 Å². The fourth-order valence-electron chi connectivity index (χ4n) is 3.22. The first-order valence-electron chi connectivity index (χ1n) is 8.26. The Bertz CT molecular complexity index is 801. The van der Waals surface area contributed by atoms with Crippen molar-refractivity contribution < 1.29 is 14.8 Å². The highest BCUT2D eigenvalue weighted by Crippen LogP contribution is 2.21. The van der Waals surface area contributed by atoms with Gasteiger partial charge in [0.2, 0.25) is 0 Å². The molecule has 0 unspecified atom stereocenters. The molecule has 1 aliphatic heterocycles. The average molecular weight is 355 g/mol. The van der Waals surface area contributed by atoms with Crippen molar-refractivity contribution in [1.29, 1.82) is 0 Å². The number of H-pyrrole nitrogens is 1. The molecule has 1 aliphatic rings. The minimum atomic E-state index is -0.538. The maximum atomic E-state index is 12.6. The van der Waals surface area contributed by atoms with Gasteiger partial charge in [0.1, 0.15) is 5.69 Å². The first kappa shape index (κ1) is 17.8. The van der Waals surface area contributed by atoms with Crippen molar-refractivity contribution in [2.24, 2.45) is 0 Å². The standard InChI is InChI=1S/C18H21N5O3/c1-12-9-22(11-14-3-5-15(6-4-14)17(24)21-26)10-13(2)23(12)18(25)16-7-8-19-20-16/h3-8,13,26H,1,9-11H2,2H3,(H,19,20)(H,21,24)/t13-/m1/s1. The minimum absolute atomic E-state index is 0.0218. The lowest BCUT2D eigenvalue weighted by molar-refractivity contribution is 0.0614. The number of piperazine rings is 1. The zero-order valence-corrected chi connectivity index (χ0v) is 14.5. The number of carbonyl (C=O) groups is 2. The summed E-state index contributed by atoms with van der Waals surface area (Å²) in [5.41, 5.74) is 4.23. The Morgan fingerprint density at radius 2 is 2.08 bits per heavy atom. The van der Waals surface area contributed by atoms with Crippen LogP contribution in [0.5, 0.6) is 0 Å². The molecule has 3 N–H and O–H groups in total. The van der Waals surface area contributed by atoms with Gasteiger partial charge in [0.15, 0.2) is 0 Å². The molecule has 3 rings (SSSR count). The second kappa shape index (κ2) is 7.51. The lowest BCUT2D eigenvalue weighted by Crippen LogP contribution is -2.52. The van der Waals surface area contributed by atoms with Gasteiger partial charge in [-0.15, -0.1) is 0 Å². The van der Waals surface area contributed by atoms with E-state index in [4.69, 9.17) is 5.21 Å². The summed E-state index contributed by atoms with van der Waals surface area (Å²) in [6.07, 6.45) is 1.55. The van der Waals surface area contributed by atoms with Crippen LogP contribution in [0, 0.1) is 0 Å². The van der Waals surface area contributed by atoms with Gasteiger partial charge in [0.25, 0.3) is 11.8 Å². The van der Waals surface area contributed by atoms with E-state index in [1.54, 1.807) is 34.8 Å². The summed E-state index contributed by atoms with van der Waals surface area (Å²) in [5, 5.41) is 15.2. The van der Waals surface area contributed by atoms with Gasteiger partial charge in [-0.25, -0.2) is 5.48 Å². The predicted octanol–water partition coefficient (Wildman–Crippen LogP) is 1.39. The summed E-state index contributed by atoms with van der Waals surface area (Å²) < 4.78 is 0. The molecule has 0 bridgehead atoms. The van der Waals surface area contributed by atoms with Crippen molar-refractivity contribution in [2.75, 3.05) is 13.1 Å². The minimum Gasteiger partial charge on any atom is -0.306 e. The summed E-state index contributed by atoms with van der Waals surface area (Å²) in [6.45, 7) is 8.01. The molecule has 136 valence electrons. The lowest BCUT2D eigenvalue weighted by atomic mass is 10.1. The first-order valence-corrected chi connectivity index (χ1v) is 8.26. The van der Waals surface area contributed by atoms with Crippen LogP contribution in [0.2, 0.25) is 0 Å². The number of nitrogens with one attached hydrogen (secondary N) is 2. The largest absolute Gasteiger partial charge is 0.306 e. The molecular weight excluding hydrogens is 334 g/mol. The van der Waals surface area contributed by atoms with Gasteiger partial charge in [0, 0.05) is 43.1 Å². The quantitative estimate of drug-likeness (QED) is 0.568. The van der Waals surface area contributed by atoms with Gasteiger partial charge in [-0.3, -0.25) is 24.8 Å². The van der Waals surface area contributed by atoms with Crippen LogP contribution in [0.25, 0.3) is 0 Å². The Hall–Kier alpha value is -2.97. The van der Waals surface area contributed by atoms with Crippen molar-refractivity contribution >= 4 is 11.8 Å². The number of rotatable bonds is 4. The third-order valence-corrected chi connectivity index (χ3v) is 4.38. The third-order valence-electron chi connectivity index (χ3n) is 4.38. The van der Waals surface area contributed by atoms with Crippen LogP contribution in [-0.4, -0.2) is 56.2 Å². The zero-order valence-electron chi connectivity index (χ0n) is 14.5. The number of hydrogen-bond donors (Lipinski definition) is 3. The molecule has 2 aromatic rings. The van der Waals surface area contributed by atoms with Crippen molar-refractivity contribution in [3.63, 3.8) is 0 Å². The Morgan fingerprint density at radius 1 is 1.35 bits per heavy atom. The molecule has 1 saturated heterocycles. The number of aromatic amines is 1. The molecule has 26 heavy (non-hydrogen) atoms. The Morgan fingerprint density at radius 3 is 2.65 bits per heavy atom. The number of benzene rings is 1. The Kier molecular flexibility index (Phi) is 5.15. The van der Waals surface area contributed by atoms with E-state index in [-0.39, 0.29) is 11.9 Å². The fourth-order valence-corrected chi connectivity index (χ4v) is 3.22. The van der Waals surface area contributed by atoms with Crippen molar-refractivity contribution in [1.82, 2.24) is 25.5 Å². The number of hydroxylamine groups is 1. The monoisotopic (exact) mass is 355 g/mol. The molecule has 1 aromatic carbocycles. The van der Waals surface area contributed by atoms with Gasteiger partial charge in [0.05, 0.1) is 0 Å². The summed E-state index contributed by atoms with van der Waals surface area (Å²) >= 11 is 0. The Balaban J connectivity index is 1.65. The molecule has 2 amide bonds. The number of carbonyl (C=O) groups excluding carboxylic acids is 2. The molecule has 1 atom stereocenters. The SMILES string of the molecule is C=C1CN(Cc2ccc(C(=O)NO)cc2)C[C@@H](C)N1C(=O)c1ccn[nH]1. The van der Waals surface area contributed by atoms with Crippen molar-refractivity contribution in [3.05, 3.63) is 65.6 Å². The summed E-state index contributed by atoms with van der Waals surface area (Å²) in [4.78, 5) is 27.9. The molecule has 1 fully saturated rings. The smallest absolute Gasteiger partial charge is 0.276 e. The molecular formula is C18H21N5O3. The van der Waals surface area contributed by atoms with Crippen LogP contribution >= 0.6 is 0 Å². The zero-order chi connectivity index (χ0) is 18.7. The molecule has 2 heterocycles. The molecule has 8 nitrogen and oxygen atoms in total. The number of aromatic nitrogens is 2. The second-order valence-electron chi connectivity index (χ2n) is 6.37. The predicted molar refractivity (Wildman–Crippen MR) is 94.3 cm³/mol. The van der Waals surface area contributed by atoms with E-state index in [1.165, 1.54) is 0 Å². The molecule has 0 saturated carbocycles. The average Bonchev–Trinajstić information content (AvgIpc) is 3.15. The topological polar surface area (TPSA) is 102 Å². The molecule has 0 aliphatic carbocycles. The van der Waals surface area contributed by atoms with E-state index in [0.717, 1.165) is 11.3 Å². The highest BCUT2D eigenvalue weighted by atomic mass is 16.5. The summed E-state index contributed by atoms with van der Waals surface area (Å²) in [6, 6.07) is 8.65. The summed E-state index contributed by atoms with van der Waals surface area (Å²) in [5.74, 6) is -0.663. The van der Waals surface area contributed by atoms with Crippen LogP contribution in [0.3, 0.4) is 0 Å².